The first-order valence-electron chi connectivity index (χ1n) is 5.26. The maximum absolute atomic E-state index is 8.79. The van der Waals surface area contributed by atoms with Gasteiger partial charge in [0.25, 0.3) is 0 Å². The Morgan fingerprint density at radius 1 is 1.06 bits per heavy atom. The predicted octanol–water partition coefficient (Wildman–Crippen LogP) is 4.44. The maximum Gasteiger partial charge on any atom is 0.121 e. The van der Waals surface area contributed by atoms with Crippen LogP contribution in [0.25, 0.3) is 0 Å². The number of halogens is 2. The van der Waals surface area contributed by atoms with Crippen molar-refractivity contribution in [1.82, 2.24) is 0 Å². The van der Waals surface area contributed by atoms with E-state index in [1.165, 1.54) is 0 Å². The zero-order valence-electron chi connectivity index (χ0n) is 9.36. The smallest absolute Gasteiger partial charge is 0.121 e. The molecule has 0 amide bonds. The minimum atomic E-state index is 0.271. The normalized spacial score (nSPS) is 9.83. The van der Waals surface area contributed by atoms with Crippen LogP contribution in [0, 0.1) is 11.3 Å². The highest BCUT2D eigenvalue weighted by molar-refractivity contribution is 6.35. The second kappa shape index (κ2) is 5.77. The first-order chi connectivity index (χ1) is 8.70. The third-order valence-electron chi connectivity index (χ3n) is 2.41. The molecule has 2 nitrogen and oxygen atoms in total. The van der Waals surface area contributed by atoms with Gasteiger partial charge in [-0.1, -0.05) is 35.3 Å². The Morgan fingerprint density at radius 2 is 1.72 bits per heavy atom. The molecule has 0 N–H and O–H groups in total. The highest BCUT2D eigenvalue weighted by Crippen LogP contribution is 2.25. The minimum absolute atomic E-state index is 0.271. The van der Waals surface area contributed by atoms with Crippen molar-refractivity contribution in [3.8, 4) is 11.8 Å². The number of hydrogen-bond donors (Lipinski definition) is 0. The monoisotopic (exact) mass is 277 g/mol. The molecular weight excluding hydrogens is 269 g/mol. The number of hydrogen-bond acceptors (Lipinski definition) is 2. The number of rotatable bonds is 3. The lowest BCUT2D eigenvalue weighted by Gasteiger charge is -2.09. The second-order valence-electron chi connectivity index (χ2n) is 3.63. The van der Waals surface area contributed by atoms with Gasteiger partial charge in [-0.25, -0.2) is 0 Å². The van der Waals surface area contributed by atoms with Gasteiger partial charge in [-0.3, -0.25) is 0 Å². The zero-order chi connectivity index (χ0) is 13.0. The summed E-state index contributed by atoms with van der Waals surface area (Å²) in [5.74, 6) is 0.616. The van der Waals surface area contributed by atoms with Crippen LogP contribution in [0.4, 0.5) is 0 Å². The van der Waals surface area contributed by atoms with E-state index in [2.05, 4.69) is 6.07 Å². The summed E-state index contributed by atoms with van der Waals surface area (Å²) in [5.41, 5.74) is 1.29. The number of nitrogens with zero attached hydrogens (tertiary/aromatic N) is 1. The van der Waals surface area contributed by atoms with E-state index >= 15 is 0 Å². The van der Waals surface area contributed by atoms with E-state index in [4.69, 9.17) is 33.2 Å². The average molecular weight is 278 g/mol. The van der Waals surface area contributed by atoms with E-state index in [1.807, 2.05) is 0 Å². The molecular formula is C14H9Cl2NO. The van der Waals surface area contributed by atoms with Crippen LogP contribution in [0.1, 0.15) is 11.1 Å². The van der Waals surface area contributed by atoms with Crippen molar-refractivity contribution in [2.24, 2.45) is 0 Å². The molecule has 0 aliphatic heterocycles. The van der Waals surface area contributed by atoms with Crippen molar-refractivity contribution >= 4 is 23.2 Å². The minimum Gasteiger partial charge on any atom is -0.489 e. The van der Waals surface area contributed by atoms with Gasteiger partial charge in [0.05, 0.1) is 11.6 Å². The van der Waals surface area contributed by atoms with Crippen LogP contribution in [0.15, 0.2) is 42.5 Å². The fourth-order valence-electron chi connectivity index (χ4n) is 1.48. The van der Waals surface area contributed by atoms with E-state index in [1.54, 1.807) is 42.5 Å². The first-order valence-corrected chi connectivity index (χ1v) is 6.02. The van der Waals surface area contributed by atoms with Crippen molar-refractivity contribution in [1.29, 1.82) is 5.26 Å². The van der Waals surface area contributed by atoms with Crippen molar-refractivity contribution in [3.05, 3.63) is 63.6 Å². The standard InChI is InChI=1S/C14H9Cl2NO/c15-13-5-2-6-14(16)12(13)9-18-11-4-1-3-10(7-11)8-17/h1-7H,9H2. The van der Waals surface area contributed by atoms with E-state index in [0.29, 0.717) is 21.4 Å². The quantitative estimate of drug-likeness (QED) is 0.831. The molecule has 0 atom stereocenters. The molecule has 18 heavy (non-hydrogen) atoms. The molecule has 0 aromatic heterocycles. The number of ether oxygens (including phenoxy) is 1. The Kier molecular flexibility index (Phi) is 4.09. The lowest BCUT2D eigenvalue weighted by atomic mass is 10.2. The summed E-state index contributed by atoms with van der Waals surface area (Å²) in [6.45, 7) is 0.271. The molecule has 4 heteroatoms. The Bertz CT molecular complexity index is 585. The van der Waals surface area contributed by atoms with E-state index in [-0.39, 0.29) is 6.61 Å². The molecule has 0 heterocycles. The summed E-state index contributed by atoms with van der Waals surface area (Å²) >= 11 is 12.1. The Hall–Kier alpha value is -1.69. The van der Waals surface area contributed by atoms with Crippen LogP contribution >= 0.6 is 23.2 Å². The average Bonchev–Trinajstić information content (AvgIpc) is 2.38. The van der Waals surface area contributed by atoms with E-state index in [0.717, 1.165) is 5.56 Å². The van der Waals surface area contributed by atoms with Crippen LogP contribution in [0.5, 0.6) is 5.75 Å². The molecule has 0 spiro atoms. The summed E-state index contributed by atoms with van der Waals surface area (Å²) in [4.78, 5) is 0. The molecule has 2 aromatic rings. The molecule has 0 aliphatic rings. The highest BCUT2D eigenvalue weighted by atomic mass is 35.5. The largest absolute Gasteiger partial charge is 0.489 e. The Balaban J connectivity index is 2.14. The fourth-order valence-corrected chi connectivity index (χ4v) is 1.99. The highest BCUT2D eigenvalue weighted by Gasteiger charge is 2.06. The van der Waals surface area contributed by atoms with Crippen molar-refractivity contribution in [3.63, 3.8) is 0 Å². The number of nitriles is 1. The van der Waals surface area contributed by atoms with Gasteiger partial charge in [-0.15, -0.1) is 0 Å². The van der Waals surface area contributed by atoms with E-state index in [9.17, 15) is 0 Å². The Labute approximate surface area is 115 Å². The summed E-state index contributed by atoms with van der Waals surface area (Å²) in [7, 11) is 0. The van der Waals surface area contributed by atoms with Gasteiger partial charge < -0.3 is 4.74 Å². The van der Waals surface area contributed by atoms with Gasteiger partial charge in [0, 0.05) is 15.6 Å². The van der Waals surface area contributed by atoms with Crippen LogP contribution in [0.3, 0.4) is 0 Å². The topological polar surface area (TPSA) is 33.0 Å². The lowest BCUT2D eigenvalue weighted by molar-refractivity contribution is 0.306. The predicted molar refractivity (Wildman–Crippen MR) is 72.0 cm³/mol. The fraction of sp³-hybridized carbons (Fsp3) is 0.0714. The van der Waals surface area contributed by atoms with Crippen LogP contribution in [-0.4, -0.2) is 0 Å². The van der Waals surface area contributed by atoms with Gasteiger partial charge in [-0.05, 0) is 30.3 Å². The van der Waals surface area contributed by atoms with Gasteiger partial charge in [-0.2, -0.15) is 5.26 Å². The van der Waals surface area contributed by atoms with E-state index < -0.39 is 0 Å². The molecule has 2 rings (SSSR count). The van der Waals surface area contributed by atoms with Gasteiger partial charge in [0.1, 0.15) is 12.4 Å². The van der Waals surface area contributed by atoms with Gasteiger partial charge in [0.15, 0.2) is 0 Å². The van der Waals surface area contributed by atoms with Crippen LogP contribution in [-0.2, 0) is 6.61 Å². The second-order valence-corrected chi connectivity index (χ2v) is 4.44. The molecule has 0 saturated heterocycles. The summed E-state index contributed by atoms with van der Waals surface area (Å²) in [6, 6.07) is 14.3. The molecule has 2 aromatic carbocycles. The third-order valence-corrected chi connectivity index (χ3v) is 3.12. The Morgan fingerprint density at radius 3 is 2.39 bits per heavy atom. The third kappa shape index (κ3) is 2.95. The van der Waals surface area contributed by atoms with Gasteiger partial charge in [0.2, 0.25) is 0 Å². The van der Waals surface area contributed by atoms with Gasteiger partial charge >= 0.3 is 0 Å². The SMILES string of the molecule is N#Cc1cccc(OCc2c(Cl)cccc2Cl)c1. The zero-order valence-corrected chi connectivity index (χ0v) is 10.9. The summed E-state index contributed by atoms with van der Waals surface area (Å²) < 4.78 is 5.58. The molecule has 0 saturated carbocycles. The maximum atomic E-state index is 8.79. The molecule has 0 bridgehead atoms. The molecule has 0 aliphatic carbocycles. The van der Waals surface area contributed by atoms with Crippen LogP contribution < -0.4 is 4.74 Å². The number of benzene rings is 2. The summed E-state index contributed by atoms with van der Waals surface area (Å²) in [6.07, 6.45) is 0. The van der Waals surface area contributed by atoms with Crippen molar-refractivity contribution in [2.75, 3.05) is 0 Å². The van der Waals surface area contributed by atoms with Crippen molar-refractivity contribution in [2.45, 2.75) is 6.61 Å². The van der Waals surface area contributed by atoms with Crippen molar-refractivity contribution < 1.29 is 4.74 Å². The van der Waals surface area contributed by atoms with Crippen LogP contribution in [0.2, 0.25) is 10.0 Å². The molecule has 0 radical (unpaired) electrons. The molecule has 0 fully saturated rings. The molecule has 0 unspecified atom stereocenters. The molecule has 90 valence electrons. The first kappa shape index (κ1) is 12.8. The summed E-state index contributed by atoms with van der Waals surface area (Å²) in [5, 5.41) is 9.92. The lowest BCUT2D eigenvalue weighted by Crippen LogP contribution is -1.97.